The normalized spacial score (nSPS) is 11.7. The first-order valence-electron chi connectivity index (χ1n) is 20.6. The number of benzene rings is 11. The summed E-state index contributed by atoms with van der Waals surface area (Å²) in [5.74, 6) is 0. The maximum Gasteiger partial charge on any atom is 0.143 e. The van der Waals surface area contributed by atoms with Gasteiger partial charge in [-0.05, 0) is 126 Å². The van der Waals surface area contributed by atoms with Crippen LogP contribution in [0.2, 0.25) is 0 Å². The van der Waals surface area contributed by atoms with Gasteiger partial charge in [0, 0.05) is 22.1 Å². The molecule has 0 radical (unpaired) electrons. The number of nitrogens with zero attached hydrogens (tertiary/aromatic N) is 1. The summed E-state index contributed by atoms with van der Waals surface area (Å²) < 4.78 is 6.68. The molecule has 0 atom stereocenters. The standard InChI is InChI=1S/C58H37NO/c1-2-11-45-36-46(22-20-38(45)8-1)41-18-16-39(17-19-41)40-24-30-49(31-25-40)59(55-14-7-15-56-57(55)54-35-28-44-10-4-6-13-53(44)58(54)60-56)50-32-26-42(27-33-50)47-29-34-52-48(37-47)23-21-43-9-3-5-12-51(43)52/h1-37H. The highest BCUT2D eigenvalue weighted by atomic mass is 16.3. The second-order valence-corrected chi connectivity index (χ2v) is 15.7. The van der Waals surface area contributed by atoms with E-state index >= 15 is 0 Å². The molecule has 0 N–H and O–H groups in total. The van der Waals surface area contributed by atoms with Gasteiger partial charge < -0.3 is 9.32 Å². The lowest BCUT2D eigenvalue weighted by molar-refractivity contribution is 0.672. The lowest BCUT2D eigenvalue weighted by Gasteiger charge is -2.26. The highest BCUT2D eigenvalue weighted by Gasteiger charge is 2.21. The van der Waals surface area contributed by atoms with Crippen LogP contribution in [0.4, 0.5) is 17.1 Å². The summed E-state index contributed by atoms with van der Waals surface area (Å²) >= 11 is 0. The van der Waals surface area contributed by atoms with Crippen molar-refractivity contribution in [1.29, 1.82) is 0 Å². The van der Waals surface area contributed by atoms with Gasteiger partial charge in [0.25, 0.3) is 0 Å². The molecule has 0 bridgehead atoms. The van der Waals surface area contributed by atoms with Gasteiger partial charge >= 0.3 is 0 Å². The van der Waals surface area contributed by atoms with Crippen LogP contribution in [-0.4, -0.2) is 0 Å². The largest absolute Gasteiger partial charge is 0.455 e. The van der Waals surface area contributed by atoms with E-state index in [-0.39, 0.29) is 0 Å². The van der Waals surface area contributed by atoms with Crippen LogP contribution in [0.5, 0.6) is 0 Å². The van der Waals surface area contributed by atoms with Gasteiger partial charge in [0.2, 0.25) is 0 Å². The van der Waals surface area contributed by atoms with Crippen molar-refractivity contribution in [2.75, 3.05) is 4.90 Å². The van der Waals surface area contributed by atoms with Gasteiger partial charge in [-0.25, -0.2) is 0 Å². The quantitative estimate of drug-likeness (QED) is 0.157. The number of hydrogen-bond donors (Lipinski definition) is 0. The molecule has 0 aliphatic carbocycles. The summed E-state index contributed by atoms with van der Waals surface area (Å²) in [6.07, 6.45) is 0. The monoisotopic (exact) mass is 763 g/mol. The number of anilines is 3. The molecule has 0 saturated heterocycles. The van der Waals surface area contributed by atoms with Crippen LogP contribution in [0, 0.1) is 0 Å². The van der Waals surface area contributed by atoms with Crippen LogP contribution in [0.25, 0.3) is 98.4 Å². The molecule has 0 fully saturated rings. The van der Waals surface area contributed by atoms with Crippen molar-refractivity contribution in [2.24, 2.45) is 0 Å². The third kappa shape index (κ3) is 5.73. The van der Waals surface area contributed by atoms with Crippen LogP contribution in [0.15, 0.2) is 229 Å². The minimum Gasteiger partial charge on any atom is -0.455 e. The zero-order valence-corrected chi connectivity index (χ0v) is 32.7. The van der Waals surface area contributed by atoms with Crippen molar-refractivity contribution in [3.05, 3.63) is 224 Å². The molecule has 280 valence electrons. The molecular formula is C58H37NO. The first-order chi connectivity index (χ1) is 29.7. The molecule has 12 aromatic rings. The Kier molecular flexibility index (Phi) is 7.89. The minimum atomic E-state index is 0.868. The smallest absolute Gasteiger partial charge is 0.143 e. The second kappa shape index (κ2) is 13.9. The van der Waals surface area contributed by atoms with Gasteiger partial charge in [-0.15, -0.1) is 0 Å². The van der Waals surface area contributed by atoms with E-state index in [2.05, 4.69) is 229 Å². The van der Waals surface area contributed by atoms with E-state index in [1.54, 1.807) is 0 Å². The molecule has 0 spiro atoms. The highest BCUT2D eigenvalue weighted by Crippen LogP contribution is 2.45. The summed E-state index contributed by atoms with van der Waals surface area (Å²) in [7, 11) is 0. The second-order valence-electron chi connectivity index (χ2n) is 15.7. The fraction of sp³-hybridized carbons (Fsp3) is 0. The van der Waals surface area contributed by atoms with Crippen molar-refractivity contribution in [2.45, 2.75) is 0 Å². The Morgan fingerprint density at radius 2 is 0.733 bits per heavy atom. The predicted octanol–water partition coefficient (Wildman–Crippen LogP) is 16.7. The Bertz CT molecular complexity index is 3580. The first-order valence-corrected chi connectivity index (χ1v) is 20.6. The number of hydrogen-bond acceptors (Lipinski definition) is 2. The van der Waals surface area contributed by atoms with Gasteiger partial charge in [-0.1, -0.05) is 170 Å². The zero-order valence-electron chi connectivity index (χ0n) is 32.7. The molecule has 2 nitrogen and oxygen atoms in total. The zero-order chi connectivity index (χ0) is 39.6. The molecule has 2 heteroatoms. The van der Waals surface area contributed by atoms with E-state index in [1.165, 1.54) is 71.1 Å². The molecule has 0 unspecified atom stereocenters. The maximum absolute atomic E-state index is 6.68. The van der Waals surface area contributed by atoms with Gasteiger partial charge in [0.05, 0.1) is 11.1 Å². The van der Waals surface area contributed by atoms with Crippen molar-refractivity contribution in [3.8, 4) is 33.4 Å². The highest BCUT2D eigenvalue weighted by molar-refractivity contribution is 6.19. The van der Waals surface area contributed by atoms with Crippen LogP contribution < -0.4 is 4.90 Å². The molecule has 1 heterocycles. The first kappa shape index (κ1) is 34.1. The van der Waals surface area contributed by atoms with Crippen LogP contribution >= 0.6 is 0 Å². The van der Waals surface area contributed by atoms with Crippen LogP contribution in [-0.2, 0) is 0 Å². The Morgan fingerprint density at radius 1 is 0.283 bits per heavy atom. The Morgan fingerprint density at radius 3 is 1.43 bits per heavy atom. The molecule has 1 aromatic heterocycles. The summed E-state index contributed by atoms with van der Waals surface area (Å²) in [4.78, 5) is 2.37. The summed E-state index contributed by atoms with van der Waals surface area (Å²) in [6, 6.07) is 81.2. The summed E-state index contributed by atoms with van der Waals surface area (Å²) in [6.45, 7) is 0. The molecule has 12 rings (SSSR count). The summed E-state index contributed by atoms with van der Waals surface area (Å²) in [5.41, 5.74) is 12.1. The fourth-order valence-corrected chi connectivity index (χ4v) is 9.17. The average molecular weight is 764 g/mol. The predicted molar refractivity (Wildman–Crippen MR) is 255 cm³/mol. The van der Waals surface area contributed by atoms with E-state index < -0.39 is 0 Å². The summed E-state index contributed by atoms with van der Waals surface area (Å²) in [5, 5.41) is 12.1. The molecule has 11 aromatic carbocycles. The average Bonchev–Trinajstić information content (AvgIpc) is 3.72. The van der Waals surface area contributed by atoms with E-state index in [9.17, 15) is 0 Å². The maximum atomic E-state index is 6.68. The van der Waals surface area contributed by atoms with Gasteiger partial charge in [0.1, 0.15) is 11.2 Å². The fourth-order valence-electron chi connectivity index (χ4n) is 9.17. The number of furan rings is 1. The molecule has 0 aliphatic rings. The van der Waals surface area contributed by atoms with E-state index in [4.69, 9.17) is 4.42 Å². The topological polar surface area (TPSA) is 16.4 Å². The van der Waals surface area contributed by atoms with Crippen molar-refractivity contribution in [1.82, 2.24) is 0 Å². The van der Waals surface area contributed by atoms with Gasteiger partial charge in [0.15, 0.2) is 0 Å². The van der Waals surface area contributed by atoms with E-state index in [0.29, 0.717) is 0 Å². The van der Waals surface area contributed by atoms with E-state index in [1.807, 2.05) is 0 Å². The van der Waals surface area contributed by atoms with Crippen LogP contribution in [0.1, 0.15) is 0 Å². The lowest BCUT2D eigenvalue weighted by Crippen LogP contribution is -2.10. The van der Waals surface area contributed by atoms with Crippen molar-refractivity contribution in [3.63, 3.8) is 0 Å². The lowest BCUT2D eigenvalue weighted by atomic mass is 9.97. The Labute approximate surface area is 347 Å². The Balaban J connectivity index is 0.946. The van der Waals surface area contributed by atoms with Gasteiger partial charge in [-0.3, -0.25) is 0 Å². The van der Waals surface area contributed by atoms with Crippen LogP contribution in [0.3, 0.4) is 0 Å². The third-order valence-electron chi connectivity index (χ3n) is 12.2. The number of rotatable bonds is 6. The molecule has 60 heavy (non-hydrogen) atoms. The van der Waals surface area contributed by atoms with Gasteiger partial charge in [-0.2, -0.15) is 0 Å². The number of fused-ring (bicyclic) bond motifs is 9. The molecule has 0 amide bonds. The molecule has 0 saturated carbocycles. The Hall–Kier alpha value is -7.94. The van der Waals surface area contributed by atoms with E-state index in [0.717, 1.165) is 44.4 Å². The molecular weight excluding hydrogens is 727 g/mol. The minimum absolute atomic E-state index is 0.868. The van der Waals surface area contributed by atoms with Crippen molar-refractivity contribution < 1.29 is 4.42 Å². The van der Waals surface area contributed by atoms with Crippen molar-refractivity contribution >= 4 is 82.1 Å². The SMILES string of the molecule is c1ccc2cc(-c3ccc(-c4ccc(N(c5ccc(-c6ccc7c(ccc8ccccc87)c6)cc5)c5cccc6oc7c8ccccc8ccc7c56)cc4)cc3)ccc2c1. The third-order valence-corrected chi connectivity index (χ3v) is 12.2. The molecule has 0 aliphatic heterocycles.